The summed E-state index contributed by atoms with van der Waals surface area (Å²) in [5.41, 5.74) is 2.95. The number of Topliss-reactive ketones (excluding diaryl/α,β-unsaturated/α-hetero) is 1. The van der Waals surface area contributed by atoms with Crippen molar-refractivity contribution in [2.24, 2.45) is 11.0 Å². The van der Waals surface area contributed by atoms with Crippen LogP contribution in [0, 0.1) is 5.92 Å². The van der Waals surface area contributed by atoms with E-state index in [1.807, 2.05) is 0 Å². The number of nitrogens with one attached hydrogen (secondary N) is 2. The van der Waals surface area contributed by atoms with Crippen molar-refractivity contribution in [2.45, 2.75) is 30.7 Å². The number of fused-ring (bicyclic) bond motifs is 1. The van der Waals surface area contributed by atoms with Gasteiger partial charge in [-0.3, -0.25) is 14.4 Å². The summed E-state index contributed by atoms with van der Waals surface area (Å²) in [7, 11) is 1.53. The molecule has 2 aliphatic rings. The van der Waals surface area contributed by atoms with Gasteiger partial charge in [0.1, 0.15) is 11.9 Å². The first-order valence-electron chi connectivity index (χ1n) is 9.26. The zero-order chi connectivity index (χ0) is 20.8. The molecule has 1 heterocycles. The predicted molar refractivity (Wildman–Crippen MR) is 107 cm³/mol. The van der Waals surface area contributed by atoms with Gasteiger partial charge in [-0.25, -0.2) is 5.43 Å². The number of ether oxygens (including phenoxy) is 2. The molecular formula is C20H22ClN3O5. The van der Waals surface area contributed by atoms with Gasteiger partial charge in [0.05, 0.1) is 37.6 Å². The van der Waals surface area contributed by atoms with Crippen molar-refractivity contribution < 1.29 is 23.9 Å². The van der Waals surface area contributed by atoms with E-state index in [2.05, 4.69) is 15.8 Å². The monoisotopic (exact) mass is 419 g/mol. The summed E-state index contributed by atoms with van der Waals surface area (Å²) in [4.78, 5) is 36.4. The van der Waals surface area contributed by atoms with Gasteiger partial charge in [-0.05, 0) is 43.5 Å². The van der Waals surface area contributed by atoms with Crippen LogP contribution in [0.3, 0.4) is 0 Å². The van der Waals surface area contributed by atoms with E-state index in [9.17, 15) is 14.4 Å². The minimum Gasteiger partial charge on any atom is -0.497 e. The maximum Gasteiger partial charge on any atom is 0.259 e. The van der Waals surface area contributed by atoms with Crippen LogP contribution in [0.4, 0.5) is 0 Å². The van der Waals surface area contributed by atoms with E-state index in [4.69, 9.17) is 21.1 Å². The van der Waals surface area contributed by atoms with Crippen LogP contribution in [0.2, 0.25) is 0 Å². The lowest BCUT2D eigenvalue weighted by Gasteiger charge is -2.35. The Hall–Kier alpha value is -2.87. The largest absolute Gasteiger partial charge is 0.497 e. The van der Waals surface area contributed by atoms with Gasteiger partial charge in [0.15, 0.2) is 5.78 Å². The van der Waals surface area contributed by atoms with E-state index in [0.717, 1.165) is 12.8 Å². The van der Waals surface area contributed by atoms with Gasteiger partial charge in [-0.15, -0.1) is 11.6 Å². The summed E-state index contributed by atoms with van der Waals surface area (Å²) in [5, 5.41) is 6.24. The molecular weight excluding hydrogens is 398 g/mol. The lowest BCUT2D eigenvalue weighted by atomic mass is 9.80. The molecule has 0 radical (unpaired) electrons. The van der Waals surface area contributed by atoms with Crippen LogP contribution in [0.1, 0.15) is 29.6 Å². The summed E-state index contributed by atoms with van der Waals surface area (Å²) >= 11 is 6.16. The second kappa shape index (κ2) is 9.56. The zero-order valence-corrected chi connectivity index (χ0v) is 16.6. The van der Waals surface area contributed by atoms with Crippen LogP contribution in [0.25, 0.3) is 0 Å². The van der Waals surface area contributed by atoms with E-state index in [1.165, 1.54) is 19.6 Å². The summed E-state index contributed by atoms with van der Waals surface area (Å²) in [6.45, 7) is -0.260. The molecule has 1 aromatic rings. The molecule has 1 saturated carbocycles. The molecule has 1 fully saturated rings. The predicted octanol–water partition coefficient (Wildman–Crippen LogP) is 1.79. The van der Waals surface area contributed by atoms with Gasteiger partial charge in [0.2, 0.25) is 0 Å². The molecule has 2 N–H and O–H groups in total. The molecule has 8 nitrogen and oxygen atoms in total. The second-order valence-electron chi connectivity index (χ2n) is 6.83. The van der Waals surface area contributed by atoms with E-state index < -0.39 is 11.8 Å². The Bertz CT molecular complexity index is 837. The van der Waals surface area contributed by atoms with E-state index in [1.54, 1.807) is 24.3 Å². The molecule has 29 heavy (non-hydrogen) atoms. The average molecular weight is 420 g/mol. The highest BCUT2D eigenvalue weighted by Crippen LogP contribution is 2.34. The fourth-order valence-electron chi connectivity index (χ4n) is 3.28. The molecule has 3 atom stereocenters. The lowest BCUT2D eigenvalue weighted by molar-refractivity contribution is -0.126. The normalized spacial score (nSPS) is 23.6. The topological polar surface area (TPSA) is 106 Å². The van der Waals surface area contributed by atoms with E-state index >= 15 is 0 Å². The van der Waals surface area contributed by atoms with Crippen molar-refractivity contribution >= 4 is 35.4 Å². The first-order chi connectivity index (χ1) is 14.0. The van der Waals surface area contributed by atoms with Gasteiger partial charge in [-0.1, -0.05) is 0 Å². The van der Waals surface area contributed by atoms with Crippen molar-refractivity contribution in [2.75, 3.05) is 13.7 Å². The third-order valence-corrected chi connectivity index (χ3v) is 5.26. The van der Waals surface area contributed by atoms with Gasteiger partial charge >= 0.3 is 0 Å². The Morgan fingerprint density at radius 1 is 1.31 bits per heavy atom. The highest BCUT2D eigenvalue weighted by molar-refractivity contribution is 6.21. The Labute approximate surface area is 173 Å². The molecule has 0 saturated heterocycles. The first-order valence-corrected chi connectivity index (χ1v) is 9.69. The van der Waals surface area contributed by atoms with Crippen LogP contribution in [0.5, 0.6) is 5.75 Å². The van der Waals surface area contributed by atoms with Crippen molar-refractivity contribution in [3.05, 3.63) is 41.7 Å². The number of allylic oxidation sites excluding steroid dienone is 1. The van der Waals surface area contributed by atoms with Crippen LogP contribution in [0.15, 0.2) is 41.2 Å². The maximum absolute atomic E-state index is 12.5. The molecule has 0 bridgehead atoms. The van der Waals surface area contributed by atoms with Crippen LogP contribution in [-0.2, 0) is 14.3 Å². The number of ketones is 1. The average Bonchev–Trinajstić information content (AvgIpc) is 2.74. The smallest absolute Gasteiger partial charge is 0.259 e. The number of halogens is 1. The van der Waals surface area contributed by atoms with E-state index in [0.29, 0.717) is 17.7 Å². The Morgan fingerprint density at radius 2 is 2.07 bits per heavy atom. The number of methoxy groups -OCH3 is 1. The standard InChI is InChI=1S/C20H22ClN3O5/c1-28-15-5-2-12(3-6-15)20(27)22-10-18(25)24-23-9-13-11-29-17-7-4-14(21)8-16(17)19(13)26/h2-3,5-6,9,11,14,16-17H,4,7-8,10H2,1H3,(H,22,27)(H,24,25)/b23-9+. The molecule has 0 aromatic heterocycles. The Balaban J connectivity index is 1.46. The zero-order valence-electron chi connectivity index (χ0n) is 15.9. The number of benzene rings is 1. The minimum atomic E-state index is -0.524. The molecule has 3 rings (SSSR count). The number of alkyl halides is 1. The number of hydrazone groups is 1. The highest BCUT2D eigenvalue weighted by atomic mass is 35.5. The van der Waals surface area contributed by atoms with Gasteiger partial charge < -0.3 is 14.8 Å². The summed E-state index contributed by atoms with van der Waals surface area (Å²) in [6.07, 6.45) is 4.62. The van der Waals surface area contributed by atoms with E-state index in [-0.39, 0.29) is 35.3 Å². The molecule has 1 aromatic carbocycles. The van der Waals surface area contributed by atoms with Crippen LogP contribution in [-0.4, -0.2) is 48.9 Å². The number of carbonyl (C=O) groups excluding carboxylic acids is 3. The molecule has 1 aliphatic heterocycles. The number of amides is 2. The minimum absolute atomic E-state index is 0.0332. The summed E-state index contributed by atoms with van der Waals surface area (Å²) < 4.78 is 10.6. The van der Waals surface area contributed by atoms with Crippen molar-refractivity contribution in [1.29, 1.82) is 0 Å². The molecule has 3 unspecified atom stereocenters. The second-order valence-corrected chi connectivity index (χ2v) is 7.45. The van der Waals surface area contributed by atoms with Gasteiger partial charge in [-0.2, -0.15) is 5.10 Å². The van der Waals surface area contributed by atoms with Gasteiger partial charge in [0, 0.05) is 10.9 Å². The van der Waals surface area contributed by atoms with Crippen molar-refractivity contribution in [3.63, 3.8) is 0 Å². The number of hydrogen-bond donors (Lipinski definition) is 2. The molecule has 154 valence electrons. The van der Waals surface area contributed by atoms with Crippen LogP contribution < -0.4 is 15.5 Å². The van der Waals surface area contributed by atoms with Crippen molar-refractivity contribution in [1.82, 2.24) is 10.7 Å². The molecule has 0 spiro atoms. The highest BCUT2D eigenvalue weighted by Gasteiger charge is 2.39. The molecule has 2 amide bonds. The van der Waals surface area contributed by atoms with Gasteiger partial charge in [0.25, 0.3) is 11.8 Å². The summed E-state index contributed by atoms with van der Waals surface area (Å²) in [5.74, 6) is -0.659. The molecule has 9 heteroatoms. The number of rotatable bonds is 6. The lowest BCUT2D eigenvalue weighted by Crippen LogP contribution is -2.40. The van der Waals surface area contributed by atoms with Crippen LogP contribution >= 0.6 is 11.6 Å². The summed E-state index contributed by atoms with van der Waals surface area (Å²) in [6, 6.07) is 6.49. The number of nitrogens with zero attached hydrogens (tertiary/aromatic N) is 1. The third kappa shape index (κ3) is 5.35. The SMILES string of the molecule is COc1ccc(C(=O)NCC(=O)N/N=C/C2=COC3CCC(Cl)CC3C2=O)cc1. The Kier molecular flexibility index (Phi) is 6.87. The third-order valence-electron chi connectivity index (χ3n) is 4.87. The first kappa shape index (κ1) is 20.9. The number of carbonyl (C=O) groups is 3. The Morgan fingerprint density at radius 3 is 2.79 bits per heavy atom. The maximum atomic E-state index is 12.5. The van der Waals surface area contributed by atoms with Crippen molar-refractivity contribution in [3.8, 4) is 5.75 Å². The quantitative estimate of drug-likeness (QED) is 0.415. The fourth-order valence-corrected chi connectivity index (χ4v) is 3.59. The molecule has 1 aliphatic carbocycles. The number of hydrogen-bond acceptors (Lipinski definition) is 6. The fraction of sp³-hybridized carbons (Fsp3) is 0.400.